The summed E-state index contributed by atoms with van der Waals surface area (Å²) in [7, 11) is 0. The molecule has 1 fully saturated rings. The SMILES string of the molecule is CCOc1cccc(C2C(=C(O)c3nc4c(C)cccn4c3C)C(=O)C(=O)N2c2nnc(SCc3ccccc3)s2)c1. The van der Waals surface area contributed by atoms with Gasteiger partial charge in [-0.1, -0.05) is 71.6 Å². The van der Waals surface area contributed by atoms with Gasteiger partial charge in [0.25, 0.3) is 5.78 Å². The fourth-order valence-electron chi connectivity index (χ4n) is 5.04. The Bertz CT molecular complexity index is 1850. The summed E-state index contributed by atoms with van der Waals surface area (Å²) in [6, 6.07) is 20.0. The number of hydrogen-bond donors (Lipinski definition) is 1. The molecule has 0 saturated carbocycles. The summed E-state index contributed by atoms with van der Waals surface area (Å²) in [5, 5.41) is 20.6. The number of rotatable bonds is 8. The second-order valence-electron chi connectivity index (χ2n) is 9.73. The maximum absolute atomic E-state index is 13.7. The number of ketones is 1. The van der Waals surface area contributed by atoms with Crippen LogP contribution in [-0.4, -0.2) is 43.0 Å². The van der Waals surface area contributed by atoms with Gasteiger partial charge in [-0.05, 0) is 55.7 Å². The van der Waals surface area contributed by atoms with Crippen molar-refractivity contribution in [1.29, 1.82) is 0 Å². The lowest BCUT2D eigenvalue weighted by molar-refractivity contribution is -0.132. The largest absolute Gasteiger partial charge is 0.505 e. The lowest BCUT2D eigenvalue weighted by atomic mass is 9.96. The van der Waals surface area contributed by atoms with Crippen LogP contribution in [0.2, 0.25) is 0 Å². The number of carbonyl (C=O) groups is 2. The zero-order valence-electron chi connectivity index (χ0n) is 23.1. The molecule has 4 heterocycles. The van der Waals surface area contributed by atoms with E-state index in [0.717, 1.165) is 11.1 Å². The number of pyridine rings is 1. The van der Waals surface area contributed by atoms with Crippen molar-refractivity contribution in [1.82, 2.24) is 19.6 Å². The Morgan fingerprint density at radius 1 is 1.05 bits per heavy atom. The van der Waals surface area contributed by atoms with Gasteiger partial charge in [-0.15, -0.1) is 10.2 Å². The number of anilines is 1. The van der Waals surface area contributed by atoms with E-state index in [4.69, 9.17) is 4.74 Å². The first-order valence-electron chi connectivity index (χ1n) is 13.4. The standard InChI is InChI=1S/C31H27N5O4S2/c1-4-40-22-14-8-13-21(16-22)25-23(26(37)24-19(3)35-15-9-10-18(2)28(35)32-24)27(38)29(39)36(25)30-33-34-31(42-30)41-17-20-11-6-5-7-12-20/h5-16,25,37H,4,17H2,1-3H3. The summed E-state index contributed by atoms with van der Waals surface area (Å²) in [5.41, 5.74) is 4.12. The average Bonchev–Trinajstić information content (AvgIpc) is 3.68. The molecule has 3 aromatic heterocycles. The summed E-state index contributed by atoms with van der Waals surface area (Å²) < 4.78 is 8.23. The predicted octanol–water partition coefficient (Wildman–Crippen LogP) is 6.12. The molecular weight excluding hydrogens is 571 g/mol. The average molecular weight is 598 g/mol. The van der Waals surface area contributed by atoms with Crippen molar-refractivity contribution in [3.8, 4) is 5.75 Å². The Kier molecular flexibility index (Phi) is 7.53. The van der Waals surface area contributed by atoms with Crippen molar-refractivity contribution >= 4 is 51.3 Å². The van der Waals surface area contributed by atoms with Crippen LogP contribution in [0.3, 0.4) is 0 Å². The first kappa shape index (κ1) is 27.7. The Morgan fingerprint density at radius 2 is 1.86 bits per heavy atom. The van der Waals surface area contributed by atoms with Gasteiger partial charge in [-0.25, -0.2) is 4.98 Å². The van der Waals surface area contributed by atoms with Crippen molar-refractivity contribution in [2.24, 2.45) is 0 Å². The van der Waals surface area contributed by atoms with E-state index in [2.05, 4.69) is 15.2 Å². The molecule has 1 aliphatic heterocycles. The number of carbonyl (C=O) groups excluding carboxylic acids is 2. The lowest BCUT2D eigenvalue weighted by Gasteiger charge is -2.22. The highest BCUT2D eigenvalue weighted by Crippen LogP contribution is 2.45. The zero-order valence-corrected chi connectivity index (χ0v) is 24.8. The third-order valence-electron chi connectivity index (χ3n) is 7.04. The van der Waals surface area contributed by atoms with Crippen molar-refractivity contribution in [2.75, 3.05) is 11.5 Å². The molecule has 11 heteroatoms. The number of Topliss-reactive ketones (excluding diaryl/α,β-unsaturated/α-hetero) is 1. The molecule has 212 valence electrons. The van der Waals surface area contributed by atoms with Crippen LogP contribution in [0.1, 0.15) is 41.0 Å². The van der Waals surface area contributed by atoms with Crippen LogP contribution in [0.15, 0.2) is 82.8 Å². The van der Waals surface area contributed by atoms with E-state index in [1.165, 1.54) is 28.0 Å². The Morgan fingerprint density at radius 3 is 2.62 bits per heavy atom. The highest BCUT2D eigenvalue weighted by molar-refractivity contribution is 8.00. The Balaban J connectivity index is 1.46. The summed E-state index contributed by atoms with van der Waals surface area (Å²) in [6.07, 6.45) is 1.85. The van der Waals surface area contributed by atoms with Crippen LogP contribution in [0.5, 0.6) is 5.75 Å². The third-order valence-corrected chi connectivity index (χ3v) is 9.17. The van der Waals surface area contributed by atoms with Crippen molar-refractivity contribution in [2.45, 2.75) is 36.9 Å². The summed E-state index contributed by atoms with van der Waals surface area (Å²) in [4.78, 5) is 33.3. The van der Waals surface area contributed by atoms with Gasteiger partial charge in [0, 0.05) is 11.9 Å². The molecule has 0 spiro atoms. The van der Waals surface area contributed by atoms with E-state index in [1.54, 1.807) is 24.3 Å². The number of ether oxygens (including phenoxy) is 1. The van der Waals surface area contributed by atoms with Crippen LogP contribution in [0.4, 0.5) is 5.13 Å². The highest BCUT2D eigenvalue weighted by Gasteiger charge is 2.49. The maximum atomic E-state index is 13.7. The van der Waals surface area contributed by atoms with E-state index in [0.29, 0.717) is 39.4 Å². The van der Waals surface area contributed by atoms with E-state index in [-0.39, 0.29) is 22.2 Å². The number of amides is 1. The number of aliphatic hydroxyl groups is 1. The molecule has 1 aliphatic rings. The summed E-state index contributed by atoms with van der Waals surface area (Å²) in [5.74, 6) is -0.693. The van der Waals surface area contributed by atoms with Gasteiger partial charge in [0.05, 0.1) is 23.9 Å². The molecule has 0 bridgehead atoms. The van der Waals surface area contributed by atoms with Crippen LogP contribution < -0.4 is 9.64 Å². The molecule has 1 N–H and O–H groups in total. The first-order valence-corrected chi connectivity index (χ1v) is 15.2. The predicted molar refractivity (Wildman–Crippen MR) is 163 cm³/mol. The molecule has 0 radical (unpaired) electrons. The molecule has 9 nitrogen and oxygen atoms in total. The minimum atomic E-state index is -0.962. The smallest absolute Gasteiger partial charge is 0.301 e. The highest BCUT2D eigenvalue weighted by atomic mass is 32.2. The van der Waals surface area contributed by atoms with Gasteiger partial charge >= 0.3 is 5.91 Å². The number of aliphatic hydroxyl groups excluding tert-OH is 1. The summed E-state index contributed by atoms with van der Waals surface area (Å²) >= 11 is 2.72. The van der Waals surface area contributed by atoms with Gasteiger partial charge in [0.2, 0.25) is 5.13 Å². The third kappa shape index (κ3) is 4.94. The Hall–Kier alpha value is -4.48. The Labute approximate surface area is 250 Å². The molecule has 1 saturated heterocycles. The number of thioether (sulfide) groups is 1. The number of benzene rings is 2. The monoisotopic (exact) mass is 597 g/mol. The molecule has 1 unspecified atom stereocenters. The van der Waals surface area contributed by atoms with Crippen LogP contribution in [-0.2, 0) is 15.3 Å². The number of aromatic nitrogens is 4. The summed E-state index contributed by atoms with van der Waals surface area (Å²) in [6.45, 7) is 6.06. The van der Waals surface area contributed by atoms with Gasteiger partial charge < -0.3 is 14.2 Å². The second-order valence-corrected chi connectivity index (χ2v) is 11.9. The topological polar surface area (TPSA) is 110 Å². The van der Waals surface area contributed by atoms with Crippen molar-refractivity contribution < 1.29 is 19.4 Å². The number of imidazole rings is 1. The quantitative estimate of drug-likeness (QED) is 0.0749. The lowest BCUT2D eigenvalue weighted by Crippen LogP contribution is -2.29. The molecule has 2 aromatic carbocycles. The molecule has 6 rings (SSSR count). The zero-order chi connectivity index (χ0) is 29.4. The first-order chi connectivity index (χ1) is 20.4. The molecule has 5 aromatic rings. The molecule has 1 atom stereocenters. The fraction of sp³-hybridized carbons (Fsp3) is 0.194. The van der Waals surface area contributed by atoms with E-state index in [1.807, 2.05) is 73.8 Å². The van der Waals surface area contributed by atoms with Gasteiger partial charge in [-0.2, -0.15) is 0 Å². The normalized spacial score (nSPS) is 16.5. The van der Waals surface area contributed by atoms with Crippen LogP contribution in [0.25, 0.3) is 11.4 Å². The van der Waals surface area contributed by atoms with E-state index < -0.39 is 17.7 Å². The second kappa shape index (κ2) is 11.4. The van der Waals surface area contributed by atoms with Gasteiger partial charge in [0.15, 0.2) is 10.1 Å². The number of hydrogen-bond acceptors (Lipinski definition) is 9. The van der Waals surface area contributed by atoms with E-state index in [9.17, 15) is 14.7 Å². The van der Waals surface area contributed by atoms with Crippen molar-refractivity contribution in [3.05, 3.63) is 107 Å². The van der Waals surface area contributed by atoms with Gasteiger partial charge in [-0.3, -0.25) is 14.5 Å². The van der Waals surface area contributed by atoms with Crippen molar-refractivity contribution in [3.63, 3.8) is 0 Å². The minimum Gasteiger partial charge on any atom is -0.505 e. The molecule has 42 heavy (non-hydrogen) atoms. The molecule has 0 aliphatic carbocycles. The van der Waals surface area contributed by atoms with Gasteiger partial charge in [0.1, 0.15) is 17.1 Å². The van der Waals surface area contributed by atoms with Crippen LogP contribution in [0, 0.1) is 13.8 Å². The molecule has 1 amide bonds. The van der Waals surface area contributed by atoms with E-state index >= 15 is 0 Å². The number of nitrogens with zero attached hydrogens (tertiary/aromatic N) is 5. The molecular formula is C31H27N5O4S2. The minimum absolute atomic E-state index is 0.0634. The maximum Gasteiger partial charge on any atom is 0.301 e. The fourth-order valence-corrected chi connectivity index (χ4v) is 6.86. The van der Waals surface area contributed by atoms with Crippen LogP contribution >= 0.6 is 23.1 Å². The number of aryl methyl sites for hydroxylation is 2. The number of fused-ring (bicyclic) bond motifs is 1.